The SMILES string of the molecule is Cl.O=C1N=C(N2CCCCN2)S/C1=C/c1ccc(F)cc1C1COCCN1C(=O)O. The Labute approximate surface area is 183 Å². The third kappa shape index (κ3) is 4.77. The summed E-state index contributed by atoms with van der Waals surface area (Å²) in [5, 5.41) is 12.0. The van der Waals surface area contributed by atoms with E-state index < -0.39 is 18.0 Å². The Morgan fingerprint density at radius 1 is 1.37 bits per heavy atom. The number of nitrogens with one attached hydrogen (secondary N) is 1. The van der Waals surface area contributed by atoms with Gasteiger partial charge in [-0.05, 0) is 53.9 Å². The maximum absolute atomic E-state index is 14.0. The van der Waals surface area contributed by atoms with E-state index >= 15 is 0 Å². The molecule has 0 spiro atoms. The molecule has 3 heterocycles. The Kier molecular flexibility index (Phi) is 7.35. The third-order valence-corrected chi connectivity index (χ3v) is 6.03. The van der Waals surface area contributed by atoms with Crippen LogP contribution in [0.2, 0.25) is 0 Å². The zero-order chi connectivity index (χ0) is 20.4. The van der Waals surface area contributed by atoms with E-state index in [0.717, 1.165) is 25.9 Å². The number of thioether (sulfide) groups is 1. The van der Waals surface area contributed by atoms with Crippen molar-refractivity contribution in [2.75, 3.05) is 32.8 Å². The molecule has 0 radical (unpaired) electrons. The quantitative estimate of drug-likeness (QED) is 0.661. The molecule has 0 saturated carbocycles. The second-order valence-corrected chi connectivity index (χ2v) is 7.93. The normalized spacial score (nSPS) is 23.4. The first-order chi connectivity index (χ1) is 14.0. The van der Waals surface area contributed by atoms with Gasteiger partial charge >= 0.3 is 6.09 Å². The fraction of sp³-hybridized carbons (Fsp3) is 0.421. The molecule has 3 aliphatic heterocycles. The number of nitrogens with zero attached hydrogens (tertiary/aromatic N) is 3. The third-order valence-electron chi connectivity index (χ3n) is 5.02. The lowest BCUT2D eigenvalue weighted by Crippen LogP contribution is -2.45. The largest absolute Gasteiger partial charge is 0.465 e. The van der Waals surface area contributed by atoms with Crippen LogP contribution in [0.25, 0.3) is 6.08 Å². The minimum absolute atomic E-state index is 0. The Hall–Kier alpha value is -2.14. The van der Waals surface area contributed by atoms with Crippen molar-refractivity contribution in [1.29, 1.82) is 0 Å². The number of ether oxygens (including phenoxy) is 1. The standard InChI is InChI=1S/C19H21FN4O4S.ClH/c20-13-4-3-12(14(10-13)15-11-28-8-7-23(15)19(26)27)9-16-17(25)22-18(29-16)24-6-2-1-5-21-24;/h3-4,9-10,15,21H,1-2,5-8,11H2,(H,26,27);1H/b16-9+;. The number of rotatable bonds is 2. The number of morpholine rings is 1. The van der Waals surface area contributed by atoms with Gasteiger partial charge in [0, 0.05) is 19.6 Å². The number of carbonyl (C=O) groups is 2. The fourth-order valence-corrected chi connectivity index (χ4v) is 4.47. The van der Waals surface area contributed by atoms with E-state index in [4.69, 9.17) is 4.74 Å². The van der Waals surface area contributed by atoms with Gasteiger partial charge in [0.2, 0.25) is 0 Å². The highest BCUT2D eigenvalue weighted by Crippen LogP contribution is 2.34. The summed E-state index contributed by atoms with van der Waals surface area (Å²) in [5.74, 6) is -0.833. The van der Waals surface area contributed by atoms with E-state index in [9.17, 15) is 19.1 Å². The molecule has 2 N–H and O–H groups in total. The molecule has 2 saturated heterocycles. The first-order valence-electron chi connectivity index (χ1n) is 9.43. The smallest absolute Gasteiger partial charge is 0.407 e. The van der Waals surface area contributed by atoms with Crippen LogP contribution in [0.1, 0.15) is 30.0 Å². The number of aliphatic imine (C=N–C) groups is 1. The van der Waals surface area contributed by atoms with Crippen molar-refractivity contribution in [3.8, 4) is 0 Å². The van der Waals surface area contributed by atoms with E-state index in [1.807, 2.05) is 5.01 Å². The lowest BCUT2D eigenvalue weighted by atomic mass is 9.98. The fourth-order valence-electron chi connectivity index (χ4n) is 3.56. The van der Waals surface area contributed by atoms with Crippen LogP contribution in [-0.2, 0) is 9.53 Å². The van der Waals surface area contributed by atoms with Crippen LogP contribution in [0.15, 0.2) is 28.1 Å². The van der Waals surface area contributed by atoms with Crippen LogP contribution in [0, 0.1) is 5.82 Å². The van der Waals surface area contributed by atoms with Gasteiger partial charge in [0.15, 0.2) is 5.17 Å². The number of hydrazine groups is 1. The van der Waals surface area contributed by atoms with Crippen LogP contribution in [0.4, 0.5) is 9.18 Å². The van der Waals surface area contributed by atoms with Gasteiger partial charge in [-0.15, -0.1) is 12.4 Å². The van der Waals surface area contributed by atoms with Crippen LogP contribution < -0.4 is 5.43 Å². The lowest BCUT2D eigenvalue weighted by Gasteiger charge is -2.34. The summed E-state index contributed by atoms with van der Waals surface area (Å²) in [6.07, 6.45) is 2.66. The second kappa shape index (κ2) is 9.78. The predicted octanol–water partition coefficient (Wildman–Crippen LogP) is 2.87. The molecular weight excluding hydrogens is 435 g/mol. The van der Waals surface area contributed by atoms with E-state index in [1.54, 1.807) is 12.1 Å². The summed E-state index contributed by atoms with van der Waals surface area (Å²) in [6, 6.07) is 3.51. The van der Waals surface area contributed by atoms with Crippen molar-refractivity contribution >= 4 is 47.4 Å². The average molecular weight is 457 g/mol. The van der Waals surface area contributed by atoms with Crippen LogP contribution >= 0.6 is 24.2 Å². The summed E-state index contributed by atoms with van der Waals surface area (Å²) < 4.78 is 19.4. The number of benzene rings is 1. The number of hydrogen-bond donors (Lipinski definition) is 2. The zero-order valence-electron chi connectivity index (χ0n) is 16.0. The number of carboxylic acid groups (broad SMARTS) is 1. The number of amidine groups is 1. The summed E-state index contributed by atoms with van der Waals surface area (Å²) in [5.41, 5.74) is 4.26. The van der Waals surface area contributed by atoms with Crippen LogP contribution in [0.3, 0.4) is 0 Å². The lowest BCUT2D eigenvalue weighted by molar-refractivity contribution is -0.113. The molecule has 11 heteroatoms. The van der Waals surface area contributed by atoms with Crippen molar-refractivity contribution in [3.05, 3.63) is 40.0 Å². The molecule has 1 aromatic rings. The van der Waals surface area contributed by atoms with E-state index in [-0.39, 0.29) is 31.5 Å². The molecule has 30 heavy (non-hydrogen) atoms. The van der Waals surface area contributed by atoms with Gasteiger partial charge in [0.25, 0.3) is 5.91 Å². The van der Waals surface area contributed by atoms with E-state index in [1.165, 1.54) is 28.8 Å². The van der Waals surface area contributed by atoms with E-state index in [2.05, 4.69) is 10.4 Å². The van der Waals surface area contributed by atoms with Crippen LogP contribution in [-0.4, -0.2) is 65.0 Å². The van der Waals surface area contributed by atoms with Crippen molar-refractivity contribution < 1.29 is 23.8 Å². The summed E-state index contributed by atoms with van der Waals surface area (Å²) in [4.78, 5) is 29.8. The molecule has 4 rings (SSSR count). The number of carbonyl (C=O) groups excluding carboxylic acids is 1. The maximum Gasteiger partial charge on any atom is 0.407 e. The molecule has 1 unspecified atom stereocenters. The van der Waals surface area contributed by atoms with Crippen molar-refractivity contribution in [3.63, 3.8) is 0 Å². The van der Waals surface area contributed by atoms with Crippen molar-refractivity contribution in [2.24, 2.45) is 4.99 Å². The number of halogens is 2. The number of hydrogen-bond acceptors (Lipinski definition) is 6. The molecular formula is C19H22ClFN4O4S. The van der Waals surface area contributed by atoms with Gasteiger partial charge in [0.05, 0.1) is 24.2 Å². The molecule has 1 atom stereocenters. The van der Waals surface area contributed by atoms with Crippen molar-refractivity contribution in [1.82, 2.24) is 15.3 Å². The number of amides is 2. The Morgan fingerprint density at radius 3 is 2.93 bits per heavy atom. The molecule has 3 aliphatic rings. The highest BCUT2D eigenvalue weighted by atomic mass is 35.5. The maximum atomic E-state index is 14.0. The highest BCUT2D eigenvalue weighted by molar-refractivity contribution is 8.18. The molecule has 2 amide bonds. The predicted molar refractivity (Wildman–Crippen MR) is 114 cm³/mol. The first kappa shape index (κ1) is 22.5. The highest BCUT2D eigenvalue weighted by Gasteiger charge is 2.31. The first-order valence-corrected chi connectivity index (χ1v) is 10.2. The van der Waals surface area contributed by atoms with Crippen LogP contribution in [0.5, 0.6) is 0 Å². The monoisotopic (exact) mass is 456 g/mol. The van der Waals surface area contributed by atoms with E-state index in [0.29, 0.717) is 27.8 Å². The zero-order valence-corrected chi connectivity index (χ0v) is 17.7. The molecule has 0 aromatic heterocycles. The van der Waals surface area contributed by atoms with Gasteiger partial charge in [-0.3, -0.25) is 14.7 Å². The Morgan fingerprint density at radius 2 is 2.20 bits per heavy atom. The Bertz CT molecular complexity index is 891. The van der Waals surface area contributed by atoms with Gasteiger partial charge in [-0.25, -0.2) is 14.6 Å². The molecule has 8 nitrogen and oxygen atoms in total. The summed E-state index contributed by atoms with van der Waals surface area (Å²) in [7, 11) is 0. The molecule has 2 fully saturated rings. The summed E-state index contributed by atoms with van der Waals surface area (Å²) >= 11 is 1.26. The molecule has 1 aromatic carbocycles. The average Bonchev–Trinajstić information content (AvgIpc) is 3.10. The molecule has 0 bridgehead atoms. The Balaban J connectivity index is 0.00000256. The molecule has 162 valence electrons. The van der Waals surface area contributed by atoms with Gasteiger partial charge in [-0.2, -0.15) is 4.99 Å². The second-order valence-electron chi connectivity index (χ2n) is 6.92. The summed E-state index contributed by atoms with van der Waals surface area (Å²) in [6.45, 7) is 2.24. The van der Waals surface area contributed by atoms with Gasteiger partial charge in [0.1, 0.15) is 5.82 Å². The van der Waals surface area contributed by atoms with Gasteiger partial charge in [-0.1, -0.05) is 6.07 Å². The molecule has 0 aliphatic carbocycles. The van der Waals surface area contributed by atoms with Crippen molar-refractivity contribution in [2.45, 2.75) is 18.9 Å². The topological polar surface area (TPSA) is 94.5 Å². The minimum Gasteiger partial charge on any atom is -0.465 e. The minimum atomic E-state index is -1.09. The van der Waals surface area contributed by atoms with Gasteiger partial charge < -0.3 is 9.84 Å².